The Morgan fingerprint density at radius 1 is 1.17 bits per heavy atom. The molecule has 0 bridgehead atoms. The summed E-state index contributed by atoms with van der Waals surface area (Å²) in [5.74, 6) is -0.223. The quantitative estimate of drug-likeness (QED) is 0.677. The van der Waals surface area contributed by atoms with Crippen molar-refractivity contribution in [2.75, 3.05) is 7.11 Å². The summed E-state index contributed by atoms with van der Waals surface area (Å²) in [5, 5.41) is 16.0. The summed E-state index contributed by atoms with van der Waals surface area (Å²) >= 11 is 13.6. The topological polar surface area (TPSA) is 78.1 Å². The molecule has 29 heavy (non-hydrogen) atoms. The second-order valence-corrected chi connectivity index (χ2v) is 8.08. The molecular formula is C20H14Cl2N4O2S. The van der Waals surface area contributed by atoms with Crippen LogP contribution in [0.1, 0.15) is 16.7 Å². The van der Waals surface area contributed by atoms with E-state index in [1.165, 1.54) is 30.0 Å². The van der Waals surface area contributed by atoms with E-state index in [-0.39, 0.29) is 11.4 Å². The number of rotatable bonds is 3. The van der Waals surface area contributed by atoms with Crippen molar-refractivity contribution in [3.63, 3.8) is 0 Å². The van der Waals surface area contributed by atoms with Crippen LogP contribution < -0.4 is 4.74 Å². The van der Waals surface area contributed by atoms with Gasteiger partial charge in [0.15, 0.2) is 11.6 Å². The first-order chi connectivity index (χ1) is 13.9. The minimum atomic E-state index is -0.517. The van der Waals surface area contributed by atoms with Crippen LogP contribution in [-0.4, -0.2) is 34.1 Å². The van der Waals surface area contributed by atoms with Gasteiger partial charge in [0, 0.05) is 5.56 Å². The van der Waals surface area contributed by atoms with Gasteiger partial charge in [0.05, 0.1) is 22.7 Å². The Balaban J connectivity index is 1.69. The van der Waals surface area contributed by atoms with Crippen molar-refractivity contribution in [2.24, 2.45) is 10.1 Å². The lowest BCUT2D eigenvalue weighted by molar-refractivity contribution is -0.114. The van der Waals surface area contributed by atoms with Gasteiger partial charge in [-0.05, 0) is 42.5 Å². The van der Waals surface area contributed by atoms with Crippen LogP contribution in [0.2, 0.25) is 10.0 Å². The smallest absolute Gasteiger partial charge is 0.283 e. The molecule has 0 spiro atoms. The highest BCUT2D eigenvalue weighted by Gasteiger charge is 2.36. The van der Waals surface area contributed by atoms with E-state index in [4.69, 9.17) is 33.3 Å². The predicted molar refractivity (Wildman–Crippen MR) is 118 cm³/mol. The number of aliphatic imine (C=N–C) groups is 1. The SMILES string of the molecule is COc1c(Cl)cc(/C=C2/C(=N)N3N=C(c4ccc(C)cc4)SC3=NC2=O)cc1Cl. The Bertz CT molecular complexity index is 1120. The summed E-state index contributed by atoms with van der Waals surface area (Å²) in [6.45, 7) is 2.00. The summed E-state index contributed by atoms with van der Waals surface area (Å²) in [6, 6.07) is 11.1. The van der Waals surface area contributed by atoms with Crippen molar-refractivity contribution >= 4 is 63.0 Å². The van der Waals surface area contributed by atoms with E-state index in [0.29, 0.717) is 31.6 Å². The highest BCUT2D eigenvalue weighted by molar-refractivity contribution is 8.27. The lowest BCUT2D eigenvalue weighted by Crippen LogP contribution is -2.35. The number of hydrogen-bond donors (Lipinski definition) is 1. The fraction of sp³-hybridized carbons (Fsp3) is 0.100. The number of amidine groups is 2. The molecule has 0 aromatic heterocycles. The van der Waals surface area contributed by atoms with Crippen LogP contribution in [0.4, 0.5) is 0 Å². The van der Waals surface area contributed by atoms with E-state index in [1.54, 1.807) is 12.1 Å². The largest absolute Gasteiger partial charge is 0.494 e. The molecule has 0 saturated carbocycles. The molecule has 6 nitrogen and oxygen atoms in total. The molecule has 146 valence electrons. The first-order valence-corrected chi connectivity index (χ1v) is 10.0. The van der Waals surface area contributed by atoms with Gasteiger partial charge in [0.1, 0.15) is 5.04 Å². The first-order valence-electron chi connectivity index (χ1n) is 8.47. The number of carbonyl (C=O) groups is 1. The number of thioether (sulfide) groups is 1. The molecule has 0 saturated heterocycles. The van der Waals surface area contributed by atoms with E-state index in [9.17, 15) is 4.79 Å². The second-order valence-electron chi connectivity index (χ2n) is 6.31. The highest BCUT2D eigenvalue weighted by Crippen LogP contribution is 2.35. The third kappa shape index (κ3) is 3.69. The summed E-state index contributed by atoms with van der Waals surface area (Å²) in [5.41, 5.74) is 2.69. The number of fused-ring (bicyclic) bond motifs is 1. The number of halogens is 2. The van der Waals surface area contributed by atoms with Crippen LogP contribution in [0.3, 0.4) is 0 Å². The van der Waals surface area contributed by atoms with Crippen molar-refractivity contribution in [3.8, 4) is 5.75 Å². The number of hydrazone groups is 1. The average Bonchev–Trinajstić information content (AvgIpc) is 3.09. The molecule has 0 fully saturated rings. The number of hydrogen-bond acceptors (Lipinski definition) is 5. The van der Waals surface area contributed by atoms with Gasteiger partial charge in [-0.3, -0.25) is 10.2 Å². The number of aryl methyl sites for hydroxylation is 1. The maximum atomic E-state index is 12.6. The van der Waals surface area contributed by atoms with Gasteiger partial charge >= 0.3 is 0 Å². The molecule has 4 rings (SSSR count). The van der Waals surface area contributed by atoms with Crippen molar-refractivity contribution in [3.05, 3.63) is 68.7 Å². The summed E-state index contributed by atoms with van der Waals surface area (Å²) < 4.78 is 5.14. The molecule has 0 atom stereocenters. The molecule has 0 unspecified atom stereocenters. The van der Waals surface area contributed by atoms with E-state index >= 15 is 0 Å². The molecule has 1 N–H and O–H groups in total. The Hall–Kier alpha value is -2.61. The Morgan fingerprint density at radius 2 is 1.83 bits per heavy atom. The fourth-order valence-electron chi connectivity index (χ4n) is 2.83. The third-order valence-corrected chi connectivity index (χ3v) is 5.81. The standard InChI is InChI=1S/C20H14Cl2N4O2S/c1-10-3-5-12(6-4-10)19-25-26-17(23)13(18(27)24-20(26)29-19)7-11-8-14(21)16(28-2)15(22)9-11/h3-9,23H,1-2H3/b13-7-,23-17?. The van der Waals surface area contributed by atoms with Crippen molar-refractivity contribution in [1.29, 1.82) is 5.41 Å². The van der Waals surface area contributed by atoms with E-state index in [2.05, 4.69) is 10.1 Å². The summed E-state index contributed by atoms with van der Waals surface area (Å²) in [4.78, 5) is 16.7. The monoisotopic (exact) mass is 444 g/mol. The lowest BCUT2D eigenvalue weighted by atomic mass is 10.1. The average molecular weight is 445 g/mol. The van der Waals surface area contributed by atoms with Gasteiger partial charge in [-0.15, -0.1) is 0 Å². The van der Waals surface area contributed by atoms with Gasteiger partial charge in [-0.2, -0.15) is 15.1 Å². The fourth-order valence-corrected chi connectivity index (χ4v) is 4.38. The van der Waals surface area contributed by atoms with Crippen LogP contribution in [-0.2, 0) is 4.79 Å². The number of methoxy groups -OCH3 is 1. The van der Waals surface area contributed by atoms with Gasteiger partial charge in [-0.25, -0.2) is 0 Å². The molecule has 1 amide bonds. The number of nitrogens with zero attached hydrogens (tertiary/aromatic N) is 3. The van der Waals surface area contributed by atoms with E-state index in [1.807, 2.05) is 31.2 Å². The first kappa shape index (κ1) is 19.7. The highest BCUT2D eigenvalue weighted by atomic mass is 35.5. The molecule has 9 heteroatoms. The van der Waals surface area contributed by atoms with E-state index in [0.717, 1.165) is 11.1 Å². The number of carbonyl (C=O) groups excluding carboxylic acids is 1. The molecule has 2 heterocycles. The van der Waals surface area contributed by atoms with Crippen LogP contribution in [0.15, 0.2) is 52.1 Å². The van der Waals surface area contributed by atoms with Crippen molar-refractivity contribution < 1.29 is 9.53 Å². The molecule has 2 aliphatic rings. The van der Waals surface area contributed by atoms with E-state index < -0.39 is 5.91 Å². The normalized spacial score (nSPS) is 17.4. The lowest BCUT2D eigenvalue weighted by Gasteiger charge is -2.20. The molecular weight excluding hydrogens is 431 g/mol. The second kappa shape index (κ2) is 7.67. The van der Waals surface area contributed by atoms with Gasteiger partial charge in [-0.1, -0.05) is 53.0 Å². The van der Waals surface area contributed by atoms with Crippen LogP contribution >= 0.6 is 35.0 Å². The van der Waals surface area contributed by atoms with Crippen molar-refractivity contribution in [2.45, 2.75) is 6.92 Å². The number of amides is 1. The summed E-state index contributed by atoms with van der Waals surface area (Å²) in [7, 11) is 1.47. The Morgan fingerprint density at radius 3 is 2.45 bits per heavy atom. The maximum absolute atomic E-state index is 12.6. The number of nitrogens with one attached hydrogen (secondary N) is 1. The molecule has 2 aromatic rings. The number of benzene rings is 2. The van der Waals surface area contributed by atoms with Crippen molar-refractivity contribution in [1.82, 2.24) is 5.01 Å². The molecule has 2 aromatic carbocycles. The van der Waals surface area contributed by atoms with Gasteiger partial charge < -0.3 is 4.74 Å². The van der Waals surface area contributed by atoms with Gasteiger partial charge in [0.2, 0.25) is 5.17 Å². The zero-order valence-electron chi connectivity index (χ0n) is 15.4. The Labute approximate surface area is 181 Å². The zero-order valence-corrected chi connectivity index (χ0v) is 17.7. The maximum Gasteiger partial charge on any atom is 0.283 e. The zero-order chi connectivity index (χ0) is 20.7. The molecule has 0 radical (unpaired) electrons. The molecule has 2 aliphatic heterocycles. The van der Waals surface area contributed by atoms with Crippen LogP contribution in [0.5, 0.6) is 5.75 Å². The summed E-state index contributed by atoms with van der Waals surface area (Å²) in [6.07, 6.45) is 1.52. The number of ether oxygens (including phenoxy) is 1. The van der Waals surface area contributed by atoms with Gasteiger partial charge in [0.25, 0.3) is 5.91 Å². The van der Waals surface area contributed by atoms with Crippen LogP contribution in [0, 0.1) is 12.3 Å². The predicted octanol–water partition coefficient (Wildman–Crippen LogP) is 4.98. The third-order valence-electron chi connectivity index (χ3n) is 4.29. The Kier molecular flexibility index (Phi) is 5.21. The minimum Gasteiger partial charge on any atom is -0.494 e. The van der Waals surface area contributed by atoms with Crippen LogP contribution in [0.25, 0.3) is 6.08 Å². The minimum absolute atomic E-state index is 0.0577. The molecule has 0 aliphatic carbocycles.